The summed E-state index contributed by atoms with van der Waals surface area (Å²) in [5.41, 5.74) is 4.44. The zero-order chi connectivity index (χ0) is 19.2. The number of hydrogen-bond donors (Lipinski definition) is 1. The molecule has 3 aromatic carbocycles. The summed E-state index contributed by atoms with van der Waals surface area (Å²) in [5, 5.41) is 4.10. The summed E-state index contributed by atoms with van der Waals surface area (Å²) in [4.78, 5) is 0. The van der Waals surface area contributed by atoms with E-state index in [2.05, 4.69) is 40.3 Å². The highest BCUT2D eigenvalue weighted by Crippen LogP contribution is 2.34. The van der Waals surface area contributed by atoms with Gasteiger partial charge in [-0.3, -0.25) is 0 Å². The highest BCUT2D eigenvalue weighted by atomic mass is 79.9. The fraction of sp³-hybridized carbons (Fsp3) is 0.182. The number of halogens is 2. The minimum atomic E-state index is 0.498. The maximum Gasteiger partial charge on any atom is 0.162 e. The molecule has 0 aromatic heterocycles. The van der Waals surface area contributed by atoms with E-state index < -0.39 is 0 Å². The van der Waals surface area contributed by atoms with E-state index >= 15 is 0 Å². The van der Waals surface area contributed by atoms with E-state index in [1.165, 1.54) is 5.56 Å². The summed E-state index contributed by atoms with van der Waals surface area (Å²) in [7, 11) is 1.65. The Kier molecular flexibility index (Phi) is 6.64. The summed E-state index contributed by atoms with van der Waals surface area (Å²) >= 11 is 9.57. The number of anilines is 1. The van der Waals surface area contributed by atoms with Crippen molar-refractivity contribution in [3.8, 4) is 11.5 Å². The minimum Gasteiger partial charge on any atom is -0.493 e. The van der Waals surface area contributed by atoms with E-state index in [1.807, 2.05) is 48.5 Å². The van der Waals surface area contributed by atoms with E-state index in [-0.39, 0.29) is 0 Å². The summed E-state index contributed by atoms with van der Waals surface area (Å²) in [6.45, 7) is 3.23. The molecular formula is C22H21BrClNO2. The molecule has 0 unspecified atom stereocenters. The Hall–Kier alpha value is -2.17. The zero-order valence-electron chi connectivity index (χ0n) is 15.3. The second-order valence-electron chi connectivity index (χ2n) is 6.17. The molecule has 0 heterocycles. The van der Waals surface area contributed by atoms with Gasteiger partial charge in [-0.15, -0.1) is 0 Å². The van der Waals surface area contributed by atoms with Gasteiger partial charge in [-0.25, -0.2) is 0 Å². The van der Waals surface area contributed by atoms with Gasteiger partial charge in [-0.2, -0.15) is 0 Å². The number of methoxy groups -OCH3 is 1. The van der Waals surface area contributed by atoms with Crippen molar-refractivity contribution in [3.05, 3.63) is 86.8 Å². The van der Waals surface area contributed by atoms with Gasteiger partial charge in [0.15, 0.2) is 11.5 Å². The first-order valence-corrected chi connectivity index (χ1v) is 9.77. The van der Waals surface area contributed by atoms with Crippen LogP contribution < -0.4 is 14.8 Å². The molecule has 0 amide bonds. The van der Waals surface area contributed by atoms with Gasteiger partial charge in [-0.1, -0.05) is 51.8 Å². The first kappa shape index (κ1) is 19.6. The molecule has 0 atom stereocenters. The van der Waals surface area contributed by atoms with Crippen LogP contribution in [0.1, 0.15) is 16.7 Å². The third-order valence-electron chi connectivity index (χ3n) is 4.30. The fourth-order valence-electron chi connectivity index (χ4n) is 2.68. The summed E-state index contributed by atoms with van der Waals surface area (Å²) in [6, 6.07) is 19.8. The van der Waals surface area contributed by atoms with Crippen LogP contribution >= 0.6 is 27.5 Å². The van der Waals surface area contributed by atoms with E-state index in [4.69, 9.17) is 21.1 Å². The molecule has 0 saturated heterocycles. The van der Waals surface area contributed by atoms with Crippen LogP contribution in [0.15, 0.2) is 65.1 Å². The molecule has 0 fully saturated rings. The van der Waals surface area contributed by atoms with Crippen LogP contribution in [0, 0.1) is 6.92 Å². The summed E-state index contributed by atoms with van der Waals surface area (Å²) in [5.74, 6) is 1.42. The van der Waals surface area contributed by atoms with Gasteiger partial charge in [0.2, 0.25) is 0 Å². The Labute approximate surface area is 173 Å². The Bertz CT molecular complexity index is 913. The van der Waals surface area contributed by atoms with E-state index in [1.54, 1.807) is 7.11 Å². The highest BCUT2D eigenvalue weighted by Gasteiger charge is 2.11. The third-order valence-corrected chi connectivity index (χ3v) is 5.29. The molecule has 0 bridgehead atoms. The van der Waals surface area contributed by atoms with Gasteiger partial charge in [0.25, 0.3) is 0 Å². The lowest BCUT2D eigenvalue weighted by Crippen LogP contribution is -2.03. The second kappa shape index (κ2) is 9.16. The van der Waals surface area contributed by atoms with E-state index in [0.717, 1.165) is 26.3 Å². The van der Waals surface area contributed by atoms with Crippen molar-refractivity contribution in [2.45, 2.75) is 20.1 Å². The van der Waals surface area contributed by atoms with Crippen LogP contribution in [-0.2, 0) is 13.2 Å². The van der Waals surface area contributed by atoms with Gasteiger partial charge in [0.05, 0.1) is 7.11 Å². The Morgan fingerprint density at radius 2 is 1.70 bits per heavy atom. The molecule has 3 aromatic rings. The molecule has 0 saturated carbocycles. The predicted molar refractivity (Wildman–Crippen MR) is 115 cm³/mol. The van der Waals surface area contributed by atoms with Gasteiger partial charge < -0.3 is 14.8 Å². The number of rotatable bonds is 7. The summed E-state index contributed by atoms with van der Waals surface area (Å²) in [6.07, 6.45) is 0. The molecule has 0 aliphatic carbocycles. The molecule has 0 radical (unpaired) electrons. The third kappa shape index (κ3) is 5.18. The SMILES string of the molecule is COc1cc(CNc2ccc(Cl)cc2)c(Br)cc1OCc1ccccc1C. The van der Waals surface area contributed by atoms with Crippen molar-refractivity contribution in [1.82, 2.24) is 0 Å². The van der Waals surface area contributed by atoms with Gasteiger partial charge in [-0.05, 0) is 60.0 Å². The van der Waals surface area contributed by atoms with E-state index in [9.17, 15) is 0 Å². The smallest absolute Gasteiger partial charge is 0.162 e. The maximum absolute atomic E-state index is 6.02. The van der Waals surface area contributed by atoms with Crippen molar-refractivity contribution in [2.75, 3.05) is 12.4 Å². The molecule has 3 rings (SSSR count). The summed E-state index contributed by atoms with van der Waals surface area (Å²) < 4.78 is 12.5. The zero-order valence-corrected chi connectivity index (χ0v) is 17.6. The number of hydrogen-bond acceptors (Lipinski definition) is 3. The largest absolute Gasteiger partial charge is 0.493 e. The number of ether oxygens (including phenoxy) is 2. The molecule has 0 aliphatic rings. The molecular weight excluding hydrogens is 426 g/mol. The minimum absolute atomic E-state index is 0.498. The fourth-order valence-corrected chi connectivity index (χ4v) is 3.27. The highest BCUT2D eigenvalue weighted by molar-refractivity contribution is 9.10. The first-order valence-electron chi connectivity index (χ1n) is 8.60. The number of nitrogens with one attached hydrogen (secondary N) is 1. The molecule has 140 valence electrons. The van der Waals surface area contributed by atoms with Crippen LogP contribution in [0.3, 0.4) is 0 Å². The Morgan fingerprint density at radius 1 is 0.963 bits per heavy atom. The standard InChI is InChI=1S/C22H21BrClNO2/c1-15-5-3-4-6-16(15)14-27-22-12-20(23)17(11-21(22)26-2)13-25-19-9-7-18(24)8-10-19/h3-12,25H,13-14H2,1-2H3. The van der Waals surface area contributed by atoms with Crippen LogP contribution in [0.25, 0.3) is 0 Å². The van der Waals surface area contributed by atoms with Crippen molar-refractivity contribution >= 4 is 33.2 Å². The molecule has 5 heteroatoms. The first-order chi connectivity index (χ1) is 13.1. The molecule has 3 nitrogen and oxygen atoms in total. The maximum atomic E-state index is 6.02. The quantitative estimate of drug-likeness (QED) is 0.443. The van der Waals surface area contributed by atoms with E-state index in [0.29, 0.717) is 24.7 Å². The van der Waals surface area contributed by atoms with Gasteiger partial charge in [0.1, 0.15) is 6.61 Å². The average molecular weight is 447 g/mol. The van der Waals surface area contributed by atoms with Crippen LogP contribution in [0.2, 0.25) is 5.02 Å². The van der Waals surface area contributed by atoms with Crippen molar-refractivity contribution in [3.63, 3.8) is 0 Å². The lowest BCUT2D eigenvalue weighted by atomic mass is 10.1. The topological polar surface area (TPSA) is 30.5 Å². The number of benzene rings is 3. The lowest BCUT2D eigenvalue weighted by molar-refractivity contribution is 0.283. The van der Waals surface area contributed by atoms with Crippen LogP contribution in [0.5, 0.6) is 11.5 Å². The lowest BCUT2D eigenvalue weighted by Gasteiger charge is -2.15. The molecule has 27 heavy (non-hydrogen) atoms. The van der Waals surface area contributed by atoms with Crippen molar-refractivity contribution in [1.29, 1.82) is 0 Å². The Morgan fingerprint density at radius 3 is 2.41 bits per heavy atom. The molecule has 0 aliphatic heterocycles. The van der Waals surface area contributed by atoms with Gasteiger partial charge >= 0.3 is 0 Å². The second-order valence-corrected chi connectivity index (χ2v) is 7.46. The van der Waals surface area contributed by atoms with Crippen molar-refractivity contribution < 1.29 is 9.47 Å². The van der Waals surface area contributed by atoms with Crippen LogP contribution in [0.4, 0.5) is 5.69 Å². The molecule has 1 N–H and O–H groups in total. The average Bonchev–Trinajstić information content (AvgIpc) is 2.68. The normalized spacial score (nSPS) is 10.5. The number of aryl methyl sites for hydroxylation is 1. The van der Waals surface area contributed by atoms with Gasteiger partial charge in [0, 0.05) is 21.7 Å². The Balaban J connectivity index is 1.72. The predicted octanol–water partition coefficient (Wildman–Crippen LogP) is 6.61. The van der Waals surface area contributed by atoms with Crippen molar-refractivity contribution in [2.24, 2.45) is 0 Å². The monoisotopic (exact) mass is 445 g/mol. The van der Waals surface area contributed by atoms with Crippen LogP contribution in [-0.4, -0.2) is 7.11 Å². The molecule has 0 spiro atoms.